The molecule has 0 aromatic carbocycles. The maximum atomic E-state index is 10.3. The summed E-state index contributed by atoms with van der Waals surface area (Å²) in [6.45, 7) is 7.00. The van der Waals surface area contributed by atoms with Crippen molar-refractivity contribution in [3.63, 3.8) is 0 Å². The standard InChI is InChI=1S/C6H4ClNO2.3C4H9.H2O.Sn/c7-5-4(6(9)10)2-1-3-8-5;3*1-3-4-2;;/h1-3H,(H,9,10);3*1,3-4H2,2H3;1H2;. The van der Waals surface area contributed by atoms with E-state index in [-0.39, 0.29) is 16.2 Å². The second kappa shape index (κ2) is 17.5. The van der Waals surface area contributed by atoms with Crippen LogP contribution < -0.4 is 0 Å². The van der Waals surface area contributed by atoms with Crippen LogP contribution in [0.1, 0.15) is 69.7 Å². The summed E-state index contributed by atoms with van der Waals surface area (Å²) in [4.78, 5) is 13.9. The Kier molecular flexibility index (Phi) is 18.9. The van der Waals surface area contributed by atoms with Crippen molar-refractivity contribution in [1.29, 1.82) is 0 Å². The summed E-state index contributed by atoms with van der Waals surface area (Å²) >= 11 is 4.59. The number of aromatic nitrogens is 1. The first-order valence-electron chi connectivity index (χ1n) is 8.74. The van der Waals surface area contributed by atoms with Gasteiger partial charge in [-0.2, -0.15) is 0 Å². The van der Waals surface area contributed by atoms with Crippen LogP contribution in [0.15, 0.2) is 18.3 Å². The third kappa shape index (κ3) is 13.0. The number of carboxylic acid groups (broad SMARTS) is 1. The predicted molar refractivity (Wildman–Crippen MR) is 105 cm³/mol. The molecule has 1 rings (SSSR count). The number of rotatable bonds is 10. The molecule has 1 aromatic rings. The maximum Gasteiger partial charge on any atom is 0.338 e. The fourth-order valence-corrected chi connectivity index (χ4v) is 11.9. The van der Waals surface area contributed by atoms with Crippen molar-refractivity contribution in [1.82, 2.24) is 4.98 Å². The molecule has 0 saturated carbocycles. The van der Waals surface area contributed by atoms with Gasteiger partial charge in [-0.1, -0.05) is 11.6 Å². The monoisotopic (exact) mass is 466 g/mol. The Bertz CT molecular complexity index is 413. The van der Waals surface area contributed by atoms with Gasteiger partial charge in [0.25, 0.3) is 0 Å². The molecule has 0 saturated heterocycles. The van der Waals surface area contributed by atoms with Gasteiger partial charge in [-0.05, 0) is 12.1 Å². The van der Waals surface area contributed by atoms with Gasteiger partial charge in [0.05, 0.1) is 5.56 Å². The van der Waals surface area contributed by atoms with Crippen LogP contribution in [-0.2, 0) is 0 Å². The quantitative estimate of drug-likeness (QED) is 0.366. The van der Waals surface area contributed by atoms with E-state index in [4.69, 9.17) is 16.7 Å². The van der Waals surface area contributed by atoms with Crippen molar-refractivity contribution in [3.05, 3.63) is 29.0 Å². The predicted octanol–water partition coefficient (Wildman–Crippen LogP) is 5.49. The molecule has 0 aliphatic heterocycles. The Morgan fingerprint density at radius 2 is 1.54 bits per heavy atom. The number of halogens is 1. The third-order valence-corrected chi connectivity index (χ3v) is 13.0. The fourth-order valence-electron chi connectivity index (χ4n) is 2.20. The van der Waals surface area contributed by atoms with E-state index < -0.39 is 25.7 Å². The van der Waals surface area contributed by atoms with Crippen molar-refractivity contribution < 1.29 is 15.4 Å². The molecule has 0 aliphatic carbocycles. The number of carboxylic acids is 1. The first kappa shape index (κ1) is 25.9. The summed E-state index contributed by atoms with van der Waals surface area (Å²) in [5.74, 6) is -1.06. The van der Waals surface area contributed by atoms with Gasteiger partial charge in [-0.15, -0.1) is 0 Å². The molecule has 139 valence electrons. The zero-order valence-corrected chi connectivity index (χ0v) is 18.9. The number of carbonyl (C=O) groups is 1. The molecule has 0 aliphatic rings. The second-order valence-electron chi connectivity index (χ2n) is 5.71. The van der Waals surface area contributed by atoms with Crippen LogP contribution in [0.3, 0.4) is 0 Å². The minimum Gasteiger partial charge on any atom is -0.478 e. The van der Waals surface area contributed by atoms with E-state index in [1.807, 2.05) is 0 Å². The van der Waals surface area contributed by atoms with Crippen LogP contribution in [0.4, 0.5) is 0 Å². The molecule has 0 unspecified atom stereocenters. The fraction of sp³-hybridized carbons (Fsp3) is 0.667. The third-order valence-electron chi connectivity index (χ3n) is 3.64. The molecule has 24 heavy (non-hydrogen) atoms. The first-order valence-corrected chi connectivity index (χ1v) is 15.2. The Morgan fingerprint density at radius 1 is 1.08 bits per heavy atom. The van der Waals surface area contributed by atoms with E-state index in [0.29, 0.717) is 0 Å². The zero-order chi connectivity index (χ0) is 17.5. The molecule has 0 amide bonds. The molecule has 0 bridgehead atoms. The van der Waals surface area contributed by atoms with E-state index >= 15 is 0 Å². The molecule has 0 spiro atoms. The summed E-state index contributed by atoms with van der Waals surface area (Å²) < 4.78 is 5.04. The van der Waals surface area contributed by atoms with Crippen LogP contribution in [0.2, 0.25) is 18.5 Å². The second-order valence-corrected chi connectivity index (χ2v) is 14.6. The van der Waals surface area contributed by atoms with Crippen molar-refractivity contribution in [2.45, 2.75) is 72.6 Å². The van der Waals surface area contributed by atoms with Crippen LogP contribution in [-0.4, -0.2) is 41.3 Å². The van der Waals surface area contributed by atoms with Crippen molar-refractivity contribution in [2.75, 3.05) is 0 Å². The largest absolute Gasteiger partial charge is 0.478 e. The molecule has 0 fully saturated rings. The normalized spacial score (nSPS) is 9.88. The van der Waals surface area contributed by atoms with Gasteiger partial charge in [0.15, 0.2) is 0 Å². The van der Waals surface area contributed by atoms with Crippen LogP contribution >= 0.6 is 11.6 Å². The van der Waals surface area contributed by atoms with Crippen molar-refractivity contribution in [3.8, 4) is 0 Å². The van der Waals surface area contributed by atoms with Gasteiger partial charge >= 0.3 is 98.3 Å². The van der Waals surface area contributed by atoms with E-state index in [9.17, 15) is 4.79 Å². The average Bonchev–Trinajstić information content (AvgIpc) is 2.55. The minimum atomic E-state index is -1.06. The van der Waals surface area contributed by atoms with E-state index in [1.54, 1.807) is 13.3 Å². The van der Waals surface area contributed by atoms with Crippen molar-refractivity contribution >= 4 is 37.3 Å². The maximum absolute atomic E-state index is 10.3. The van der Waals surface area contributed by atoms with Gasteiger partial charge in [-0.3, -0.25) is 0 Å². The average molecular weight is 466 g/mol. The molecule has 1 aromatic heterocycles. The molecule has 0 atom stereocenters. The zero-order valence-electron chi connectivity index (χ0n) is 15.3. The summed E-state index contributed by atoms with van der Waals surface area (Å²) in [6.07, 6.45) is 10.3. The Labute approximate surface area is 159 Å². The van der Waals surface area contributed by atoms with E-state index in [1.165, 1.54) is 56.9 Å². The van der Waals surface area contributed by atoms with E-state index in [2.05, 4.69) is 25.8 Å². The number of hydrogen-bond acceptors (Lipinski definition) is 2. The number of pyridine rings is 1. The molecule has 4 nitrogen and oxygen atoms in total. The van der Waals surface area contributed by atoms with Gasteiger partial charge in [0, 0.05) is 6.20 Å². The van der Waals surface area contributed by atoms with Gasteiger partial charge in [0.2, 0.25) is 0 Å². The summed E-state index contributed by atoms with van der Waals surface area (Å²) in [6, 6.07) is 2.92. The van der Waals surface area contributed by atoms with Gasteiger partial charge in [0.1, 0.15) is 5.15 Å². The first-order chi connectivity index (χ1) is 11.1. The summed E-state index contributed by atoms with van der Waals surface area (Å²) in [5.41, 5.74) is 0.0316. The topological polar surface area (TPSA) is 81.7 Å². The molecule has 3 N–H and O–H groups in total. The molecular weight excluding hydrogens is 432 g/mol. The number of nitrogens with zero attached hydrogens (tertiary/aromatic N) is 1. The van der Waals surface area contributed by atoms with E-state index in [0.717, 1.165) is 0 Å². The van der Waals surface area contributed by atoms with Crippen molar-refractivity contribution in [2.24, 2.45) is 0 Å². The summed E-state index contributed by atoms with van der Waals surface area (Å²) in [7, 11) is 0. The molecule has 1 heterocycles. The Hall–Kier alpha value is -0.331. The van der Waals surface area contributed by atoms with Gasteiger partial charge < -0.3 is 10.6 Å². The molecular formula is C18H33ClNO3Sn. The number of aromatic carboxylic acids is 1. The molecule has 1 radical (unpaired) electrons. The number of hydrogen-bond donors (Lipinski definition) is 1. The Balaban J connectivity index is 0. The minimum absolute atomic E-state index is 0. The van der Waals surface area contributed by atoms with Crippen LogP contribution in [0.5, 0.6) is 0 Å². The van der Waals surface area contributed by atoms with Crippen LogP contribution in [0.25, 0.3) is 0 Å². The molecule has 6 heteroatoms. The summed E-state index contributed by atoms with van der Waals surface area (Å²) in [5, 5.41) is 8.46. The van der Waals surface area contributed by atoms with Crippen LogP contribution in [0, 0.1) is 0 Å². The number of unbranched alkanes of at least 4 members (excludes halogenated alkanes) is 3. The smallest absolute Gasteiger partial charge is 0.338 e. The Morgan fingerprint density at radius 3 is 1.83 bits per heavy atom. The van der Waals surface area contributed by atoms with Gasteiger partial charge in [-0.25, -0.2) is 9.78 Å². The SMILES string of the molecule is CCC[CH2][Sn]([CH2]CCC)[CH2]CCC.O.O=C(O)c1cccnc1Cl.